The standard InChI is InChI=1S/C28H40N4S2/c1-18-8-10-20(3)23(12-18)31-25(33)29-17-28(7)15-22(14-27(5,6)16-28)30-26(34)32-24-13-19(2)9-11-21(24)4/h8-13,22H,14-17H2,1-7H3,(H2,29,31,33)(H2,30,32,34)/t22-,28+/m0/s1. The van der Waals surface area contributed by atoms with Gasteiger partial charge in [-0.2, -0.15) is 0 Å². The molecule has 6 heteroatoms. The van der Waals surface area contributed by atoms with Crippen LogP contribution in [0.3, 0.4) is 0 Å². The predicted molar refractivity (Wildman–Crippen MR) is 155 cm³/mol. The average Bonchev–Trinajstić information content (AvgIpc) is 2.70. The highest BCUT2D eigenvalue weighted by molar-refractivity contribution is 7.80. The number of nitrogens with one attached hydrogen (secondary N) is 4. The zero-order chi connectivity index (χ0) is 25.1. The third-order valence-electron chi connectivity index (χ3n) is 6.74. The number of benzene rings is 2. The SMILES string of the molecule is Cc1ccc(C)c(NC(=S)NC[C@]2(C)C[C@@H](NC(=S)Nc3cc(C)ccc3C)CC(C)(C)C2)c1. The van der Waals surface area contributed by atoms with Gasteiger partial charge >= 0.3 is 0 Å². The van der Waals surface area contributed by atoms with Crippen molar-refractivity contribution in [3.05, 3.63) is 58.7 Å². The second-order valence-electron chi connectivity index (χ2n) is 11.3. The smallest absolute Gasteiger partial charge is 0.171 e. The molecule has 2 aromatic rings. The summed E-state index contributed by atoms with van der Waals surface area (Å²) < 4.78 is 0. The van der Waals surface area contributed by atoms with Gasteiger partial charge in [-0.15, -0.1) is 0 Å². The van der Waals surface area contributed by atoms with Crippen LogP contribution in [0.25, 0.3) is 0 Å². The lowest BCUT2D eigenvalue weighted by atomic mass is 9.62. The average molecular weight is 497 g/mol. The molecule has 1 aliphatic rings. The summed E-state index contributed by atoms with van der Waals surface area (Å²) in [5.41, 5.74) is 7.26. The van der Waals surface area contributed by atoms with Crippen molar-refractivity contribution < 1.29 is 0 Å². The first kappa shape index (κ1) is 26.4. The normalized spacial score (nSPS) is 21.4. The Hall–Kier alpha value is -2.18. The number of hydrogen-bond donors (Lipinski definition) is 4. The summed E-state index contributed by atoms with van der Waals surface area (Å²) in [6.45, 7) is 16.3. The summed E-state index contributed by atoms with van der Waals surface area (Å²) in [6.07, 6.45) is 3.25. The van der Waals surface area contributed by atoms with Gasteiger partial charge in [-0.25, -0.2) is 0 Å². The van der Waals surface area contributed by atoms with Gasteiger partial charge in [0.15, 0.2) is 10.2 Å². The fraction of sp³-hybridized carbons (Fsp3) is 0.500. The minimum atomic E-state index is 0.0989. The molecule has 1 saturated carbocycles. The molecule has 34 heavy (non-hydrogen) atoms. The molecule has 2 aromatic carbocycles. The van der Waals surface area contributed by atoms with Crippen LogP contribution in [0.2, 0.25) is 0 Å². The number of rotatable bonds is 5. The first-order valence-corrected chi connectivity index (χ1v) is 12.9. The molecule has 0 radical (unpaired) electrons. The van der Waals surface area contributed by atoms with Gasteiger partial charge in [0.1, 0.15) is 0 Å². The van der Waals surface area contributed by atoms with Crippen molar-refractivity contribution in [1.29, 1.82) is 0 Å². The molecule has 0 heterocycles. The molecular formula is C28H40N4S2. The maximum atomic E-state index is 5.70. The van der Waals surface area contributed by atoms with Crippen molar-refractivity contribution in [2.24, 2.45) is 10.8 Å². The molecule has 0 unspecified atom stereocenters. The van der Waals surface area contributed by atoms with Crippen molar-refractivity contribution in [3.63, 3.8) is 0 Å². The summed E-state index contributed by atoms with van der Waals surface area (Å²) in [5, 5.41) is 15.3. The van der Waals surface area contributed by atoms with Crippen LogP contribution in [0.1, 0.15) is 62.3 Å². The van der Waals surface area contributed by atoms with Crippen molar-refractivity contribution in [2.75, 3.05) is 17.2 Å². The molecule has 0 aromatic heterocycles. The van der Waals surface area contributed by atoms with Gasteiger partial charge in [-0.05, 0) is 117 Å². The summed E-state index contributed by atoms with van der Waals surface area (Å²) in [6, 6.07) is 13.1. The van der Waals surface area contributed by atoms with Gasteiger partial charge in [0.2, 0.25) is 0 Å². The summed E-state index contributed by atoms with van der Waals surface area (Å²) >= 11 is 11.3. The quantitative estimate of drug-likeness (QED) is 0.342. The number of thiocarbonyl (C=S) groups is 2. The van der Waals surface area contributed by atoms with Crippen LogP contribution >= 0.6 is 24.4 Å². The number of hydrogen-bond acceptors (Lipinski definition) is 2. The van der Waals surface area contributed by atoms with E-state index in [0.29, 0.717) is 16.3 Å². The van der Waals surface area contributed by atoms with Crippen LogP contribution in [-0.4, -0.2) is 22.8 Å². The second kappa shape index (κ2) is 10.6. The Morgan fingerprint density at radius 1 is 0.824 bits per heavy atom. The lowest BCUT2D eigenvalue weighted by molar-refractivity contribution is 0.0807. The zero-order valence-electron chi connectivity index (χ0n) is 21.7. The molecule has 2 atom stereocenters. The van der Waals surface area contributed by atoms with Gasteiger partial charge in [-0.3, -0.25) is 0 Å². The van der Waals surface area contributed by atoms with E-state index in [4.69, 9.17) is 24.4 Å². The van der Waals surface area contributed by atoms with Crippen LogP contribution in [0.15, 0.2) is 36.4 Å². The maximum absolute atomic E-state index is 5.70. The first-order valence-electron chi connectivity index (χ1n) is 12.1. The molecule has 0 aliphatic heterocycles. The van der Waals surface area contributed by atoms with E-state index < -0.39 is 0 Å². The molecule has 4 N–H and O–H groups in total. The van der Waals surface area contributed by atoms with Crippen LogP contribution < -0.4 is 21.3 Å². The Bertz CT molecular complexity index is 1060. The topological polar surface area (TPSA) is 48.1 Å². The van der Waals surface area contributed by atoms with Gasteiger partial charge < -0.3 is 21.3 Å². The second-order valence-corrected chi connectivity index (χ2v) is 12.1. The summed E-state index contributed by atoms with van der Waals surface area (Å²) in [5.74, 6) is 0. The van der Waals surface area contributed by atoms with Crippen molar-refractivity contribution in [3.8, 4) is 0 Å². The van der Waals surface area contributed by atoms with E-state index >= 15 is 0 Å². The third-order valence-corrected chi connectivity index (χ3v) is 7.20. The van der Waals surface area contributed by atoms with E-state index in [9.17, 15) is 0 Å². The van der Waals surface area contributed by atoms with Gasteiger partial charge in [-0.1, -0.05) is 45.0 Å². The summed E-state index contributed by atoms with van der Waals surface area (Å²) in [7, 11) is 0. The van der Waals surface area contributed by atoms with Crippen LogP contribution in [0.4, 0.5) is 11.4 Å². The lowest BCUT2D eigenvalue weighted by Gasteiger charge is -2.47. The third kappa shape index (κ3) is 7.41. The van der Waals surface area contributed by atoms with E-state index in [-0.39, 0.29) is 10.8 Å². The van der Waals surface area contributed by atoms with Crippen LogP contribution in [0, 0.1) is 38.5 Å². The summed E-state index contributed by atoms with van der Waals surface area (Å²) in [4.78, 5) is 0. The Morgan fingerprint density at radius 3 is 1.91 bits per heavy atom. The highest BCUT2D eigenvalue weighted by atomic mass is 32.1. The molecule has 4 nitrogen and oxygen atoms in total. The Kier molecular flexibility index (Phi) is 8.25. The Morgan fingerprint density at radius 2 is 1.35 bits per heavy atom. The maximum Gasteiger partial charge on any atom is 0.171 e. The van der Waals surface area contributed by atoms with E-state index in [2.05, 4.69) is 106 Å². The molecule has 1 fully saturated rings. The van der Waals surface area contributed by atoms with Gasteiger partial charge in [0.25, 0.3) is 0 Å². The van der Waals surface area contributed by atoms with Crippen molar-refractivity contribution in [2.45, 2.75) is 73.8 Å². The highest BCUT2D eigenvalue weighted by Gasteiger charge is 2.41. The fourth-order valence-electron chi connectivity index (χ4n) is 5.42. The Balaban J connectivity index is 1.60. The van der Waals surface area contributed by atoms with E-state index in [1.165, 1.54) is 22.3 Å². The van der Waals surface area contributed by atoms with Crippen LogP contribution in [0.5, 0.6) is 0 Å². The molecule has 0 saturated heterocycles. The lowest BCUT2D eigenvalue weighted by Crippen LogP contribution is -2.51. The largest absolute Gasteiger partial charge is 0.362 e. The van der Waals surface area contributed by atoms with Gasteiger partial charge in [0.05, 0.1) is 0 Å². The minimum Gasteiger partial charge on any atom is -0.362 e. The van der Waals surface area contributed by atoms with Crippen molar-refractivity contribution >= 4 is 46.0 Å². The van der Waals surface area contributed by atoms with Gasteiger partial charge in [0, 0.05) is 24.0 Å². The van der Waals surface area contributed by atoms with E-state index in [0.717, 1.165) is 37.2 Å². The molecule has 3 rings (SSSR count). The monoisotopic (exact) mass is 496 g/mol. The molecule has 0 amide bonds. The van der Waals surface area contributed by atoms with Crippen molar-refractivity contribution in [1.82, 2.24) is 10.6 Å². The fourth-order valence-corrected chi connectivity index (χ4v) is 5.87. The molecule has 1 aliphatic carbocycles. The molecular weight excluding hydrogens is 456 g/mol. The van der Waals surface area contributed by atoms with E-state index in [1.54, 1.807) is 0 Å². The Labute approximate surface area is 216 Å². The number of aryl methyl sites for hydroxylation is 4. The molecule has 0 bridgehead atoms. The zero-order valence-corrected chi connectivity index (χ0v) is 23.3. The molecule has 0 spiro atoms. The van der Waals surface area contributed by atoms with E-state index in [1.807, 2.05) is 0 Å². The number of anilines is 2. The first-order chi connectivity index (χ1) is 15.8. The minimum absolute atomic E-state index is 0.0989. The highest BCUT2D eigenvalue weighted by Crippen LogP contribution is 2.45. The predicted octanol–water partition coefficient (Wildman–Crippen LogP) is 6.78. The van der Waals surface area contributed by atoms with Crippen LogP contribution in [-0.2, 0) is 0 Å². The molecule has 184 valence electrons.